The monoisotopic (exact) mass is 359 g/mol. The predicted molar refractivity (Wildman–Crippen MR) is 88.5 cm³/mol. The highest BCUT2D eigenvalue weighted by Crippen LogP contribution is 2.29. The summed E-state index contributed by atoms with van der Waals surface area (Å²) in [5.74, 6) is -0.635. The Morgan fingerprint density at radius 2 is 1.69 bits per heavy atom. The molecule has 2 aromatic carbocycles. The molecular formula is C18H12F3N3O2. The lowest BCUT2D eigenvalue weighted by Gasteiger charge is -2.07. The first-order chi connectivity index (χ1) is 12.3. The first-order valence-electron chi connectivity index (χ1n) is 7.44. The van der Waals surface area contributed by atoms with E-state index in [2.05, 4.69) is 10.1 Å². The smallest absolute Gasteiger partial charge is 0.416 e. The number of benzene rings is 2. The second-order valence-corrected chi connectivity index (χ2v) is 5.35. The average Bonchev–Trinajstić information content (AvgIpc) is 3.10. The summed E-state index contributed by atoms with van der Waals surface area (Å²) < 4.78 is 39.2. The van der Waals surface area contributed by atoms with Gasteiger partial charge in [-0.05, 0) is 35.9 Å². The van der Waals surface area contributed by atoms with Crippen molar-refractivity contribution in [3.63, 3.8) is 0 Å². The van der Waals surface area contributed by atoms with Crippen LogP contribution in [0.5, 0.6) is 0 Å². The van der Waals surface area contributed by atoms with Crippen LogP contribution in [0.4, 0.5) is 13.2 Å². The Bertz CT molecular complexity index is 943. The third-order valence-corrected chi connectivity index (χ3v) is 3.54. The highest BCUT2D eigenvalue weighted by molar-refractivity contribution is 5.85. The lowest BCUT2D eigenvalue weighted by molar-refractivity contribution is -0.137. The van der Waals surface area contributed by atoms with Crippen molar-refractivity contribution >= 4 is 12.0 Å². The molecule has 132 valence electrons. The van der Waals surface area contributed by atoms with Crippen LogP contribution in [0.1, 0.15) is 11.1 Å². The van der Waals surface area contributed by atoms with Crippen molar-refractivity contribution in [2.45, 2.75) is 6.18 Å². The third kappa shape index (κ3) is 3.97. The molecule has 0 amide bonds. The summed E-state index contributed by atoms with van der Waals surface area (Å²) in [5.41, 5.74) is 1.13. The Balaban J connectivity index is 1.80. The Labute approximate surface area is 146 Å². The zero-order valence-electron chi connectivity index (χ0n) is 13.2. The molecular weight excluding hydrogens is 347 g/mol. The zero-order valence-corrected chi connectivity index (χ0v) is 13.2. The molecule has 5 nitrogen and oxygen atoms in total. The van der Waals surface area contributed by atoms with Gasteiger partial charge in [-0.3, -0.25) is 0 Å². The van der Waals surface area contributed by atoms with Crippen LogP contribution in [0, 0.1) is 0 Å². The van der Waals surface area contributed by atoms with E-state index in [-0.39, 0.29) is 0 Å². The second kappa shape index (κ2) is 6.83. The Kier molecular flexibility index (Phi) is 4.57. The van der Waals surface area contributed by atoms with Gasteiger partial charge in [-0.15, -0.1) is 5.10 Å². The van der Waals surface area contributed by atoms with Crippen molar-refractivity contribution in [3.05, 3.63) is 72.1 Å². The molecule has 8 heteroatoms. The van der Waals surface area contributed by atoms with E-state index in [1.54, 1.807) is 24.3 Å². The number of alkyl halides is 3. The topological polar surface area (TPSA) is 68.0 Å². The number of nitrogens with zero attached hydrogens (tertiary/aromatic N) is 3. The van der Waals surface area contributed by atoms with Crippen molar-refractivity contribution in [1.82, 2.24) is 14.8 Å². The molecule has 3 aromatic rings. The molecule has 0 bridgehead atoms. The van der Waals surface area contributed by atoms with Gasteiger partial charge in [0.25, 0.3) is 0 Å². The number of carbonyl (C=O) groups is 1. The van der Waals surface area contributed by atoms with E-state index in [1.807, 2.05) is 0 Å². The standard InChI is InChI=1S/C18H12F3N3O2/c19-18(20,21)14-6-8-15(9-7-14)24-11-22-17(23-24)13-4-1-12(2-5-13)3-10-16(25)26/h1-11H,(H,25,26)/b10-3+. The number of carboxylic acids is 1. The summed E-state index contributed by atoms with van der Waals surface area (Å²) >= 11 is 0. The lowest BCUT2D eigenvalue weighted by Crippen LogP contribution is -2.05. The molecule has 0 spiro atoms. The highest BCUT2D eigenvalue weighted by Gasteiger charge is 2.30. The predicted octanol–water partition coefficient (Wildman–Crippen LogP) is 4.05. The molecule has 0 aliphatic heterocycles. The van der Waals surface area contributed by atoms with Gasteiger partial charge in [-0.2, -0.15) is 13.2 Å². The summed E-state index contributed by atoms with van der Waals surface area (Å²) in [4.78, 5) is 14.7. The van der Waals surface area contributed by atoms with E-state index < -0.39 is 17.7 Å². The van der Waals surface area contributed by atoms with Gasteiger partial charge in [0.2, 0.25) is 0 Å². The fourth-order valence-electron chi connectivity index (χ4n) is 2.23. The van der Waals surface area contributed by atoms with Crippen molar-refractivity contribution in [2.75, 3.05) is 0 Å². The van der Waals surface area contributed by atoms with Gasteiger partial charge in [-0.25, -0.2) is 14.5 Å². The minimum absolute atomic E-state index is 0.402. The summed E-state index contributed by atoms with van der Waals surface area (Å²) in [7, 11) is 0. The number of carboxylic acid groups (broad SMARTS) is 1. The molecule has 26 heavy (non-hydrogen) atoms. The second-order valence-electron chi connectivity index (χ2n) is 5.35. The first-order valence-corrected chi connectivity index (χ1v) is 7.44. The summed E-state index contributed by atoms with van der Waals surface area (Å²) in [5, 5.41) is 12.9. The molecule has 0 radical (unpaired) electrons. The summed E-state index contributed by atoms with van der Waals surface area (Å²) in [6.45, 7) is 0. The van der Waals surface area contributed by atoms with E-state index in [0.29, 0.717) is 22.6 Å². The molecule has 0 saturated carbocycles. The van der Waals surface area contributed by atoms with Crippen molar-refractivity contribution < 1.29 is 23.1 Å². The van der Waals surface area contributed by atoms with Gasteiger partial charge in [0.1, 0.15) is 6.33 Å². The molecule has 3 rings (SSSR count). The van der Waals surface area contributed by atoms with Crippen molar-refractivity contribution in [2.24, 2.45) is 0 Å². The average molecular weight is 359 g/mol. The Morgan fingerprint density at radius 1 is 1.04 bits per heavy atom. The van der Waals surface area contributed by atoms with Crippen LogP contribution >= 0.6 is 0 Å². The van der Waals surface area contributed by atoms with Crippen LogP contribution < -0.4 is 0 Å². The maximum absolute atomic E-state index is 12.6. The van der Waals surface area contributed by atoms with E-state index >= 15 is 0 Å². The molecule has 0 atom stereocenters. The normalized spacial score (nSPS) is 11.8. The number of hydrogen-bond acceptors (Lipinski definition) is 3. The van der Waals surface area contributed by atoms with E-state index in [4.69, 9.17) is 5.11 Å². The number of halogens is 3. The molecule has 1 N–H and O–H groups in total. The van der Waals surface area contributed by atoms with E-state index in [9.17, 15) is 18.0 Å². The molecule has 0 saturated heterocycles. The molecule has 0 unspecified atom stereocenters. The first kappa shape index (κ1) is 17.4. The van der Waals surface area contributed by atoms with Gasteiger partial charge in [0.05, 0.1) is 11.3 Å². The molecule has 1 aromatic heterocycles. The molecule has 0 fully saturated rings. The maximum Gasteiger partial charge on any atom is 0.416 e. The summed E-state index contributed by atoms with van der Waals surface area (Å²) in [6, 6.07) is 11.5. The van der Waals surface area contributed by atoms with E-state index in [1.165, 1.54) is 29.2 Å². The minimum Gasteiger partial charge on any atom is -0.478 e. The van der Waals surface area contributed by atoms with Gasteiger partial charge in [0, 0.05) is 11.6 Å². The Morgan fingerprint density at radius 3 is 2.27 bits per heavy atom. The molecule has 0 aliphatic rings. The fraction of sp³-hybridized carbons (Fsp3) is 0.0556. The van der Waals surface area contributed by atoms with Crippen molar-refractivity contribution in [1.29, 1.82) is 0 Å². The highest BCUT2D eigenvalue weighted by atomic mass is 19.4. The number of aliphatic carboxylic acids is 1. The Hall–Kier alpha value is -3.42. The third-order valence-electron chi connectivity index (χ3n) is 3.54. The van der Waals surface area contributed by atoms with Crippen LogP contribution in [0.2, 0.25) is 0 Å². The van der Waals surface area contributed by atoms with Crippen LogP contribution in [-0.4, -0.2) is 25.8 Å². The maximum atomic E-state index is 12.6. The van der Waals surface area contributed by atoms with E-state index in [0.717, 1.165) is 18.2 Å². The van der Waals surface area contributed by atoms with Crippen LogP contribution in [0.3, 0.4) is 0 Å². The SMILES string of the molecule is O=C(O)/C=C/c1ccc(-c2ncn(-c3ccc(C(F)(F)F)cc3)n2)cc1. The van der Waals surface area contributed by atoms with Gasteiger partial charge >= 0.3 is 12.1 Å². The molecule has 1 heterocycles. The number of hydrogen-bond donors (Lipinski definition) is 1. The fourth-order valence-corrected chi connectivity index (χ4v) is 2.23. The van der Waals surface area contributed by atoms with Crippen molar-refractivity contribution in [3.8, 4) is 17.1 Å². The lowest BCUT2D eigenvalue weighted by atomic mass is 10.1. The number of rotatable bonds is 4. The van der Waals surface area contributed by atoms with Crippen LogP contribution in [-0.2, 0) is 11.0 Å². The van der Waals surface area contributed by atoms with Gasteiger partial charge < -0.3 is 5.11 Å². The minimum atomic E-state index is -4.39. The van der Waals surface area contributed by atoms with Crippen LogP contribution in [0.25, 0.3) is 23.2 Å². The largest absolute Gasteiger partial charge is 0.478 e. The zero-order chi connectivity index (χ0) is 18.7. The quantitative estimate of drug-likeness (QED) is 0.714. The summed E-state index contributed by atoms with van der Waals surface area (Å²) in [6.07, 6.45) is -0.480. The van der Waals surface area contributed by atoms with Gasteiger partial charge in [-0.1, -0.05) is 24.3 Å². The molecule has 0 aliphatic carbocycles. The number of aromatic nitrogens is 3. The van der Waals surface area contributed by atoms with Gasteiger partial charge in [0.15, 0.2) is 5.82 Å². The van der Waals surface area contributed by atoms with Crippen LogP contribution in [0.15, 0.2) is 60.9 Å².